The Labute approximate surface area is 237 Å². The van der Waals surface area contributed by atoms with Crippen LogP contribution in [0.5, 0.6) is 23.0 Å². The first-order valence-electron chi connectivity index (χ1n) is 13.7. The van der Waals surface area contributed by atoms with Crippen molar-refractivity contribution in [3.63, 3.8) is 0 Å². The van der Waals surface area contributed by atoms with Crippen LogP contribution in [0.1, 0.15) is 68.2 Å². The van der Waals surface area contributed by atoms with Crippen LogP contribution in [0, 0.1) is 11.8 Å². The van der Waals surface area contributed by atoms with Crippen molar-refractivity contribution in [2.75, 3.05) is 0 Å². The molecule has 1 saturated carbocycles. The van der Waals surface area contributed by atoms with Crippen LogP contribution in [-0.2, 0) is 21.4 Å². The third-order valence-electron chi connectivity index (χ3n) is 8.91. The fraction of sp³-hybridized carbons (Fsp3) is 0.517. The van der Waals surface area contributed by atoms with Gasteiger partial charge in [0.1, 0.15) is 17.6 Å². The van der Waals surface area contributed by atoms with E-state index in [4.69, 9.17) is 4.74 Å². The molecule has 2 aliphatic heterocycles. The Bertz CT molecular complexity index is 1420. The highest BCUT2D eigenvalue weighted by molar-refractivity contribution is 5.90. The molecule has 2 N–H and O–H groups in total. The Morgan fingerprint density at radius 1 is 1.02 bits per heavy atom. The SMILES string of the molecule is C[C@]1(C(=O)N[C@@H]2C[C@H](C3CCC(C(=O)O)CC3)Oc3cc(OC(F)(F)F)ccc32)CCc2cc3c(cc21)OC(F)(F)O3. The zero-order valence-electron chi connectivity index (χ0n) is 22.4. The van der Waals surface area contributed by atoms with Gasteiger partial charge in [0.2, 0.25) is 5.91 Å². The molecular formula is C29H28F5NO7. The van der Waals surface area contributed by atoms with Crippen LogP contribution in [0.4, 0.5) is 22.0 Å². The Hall–Kier alpha value is -3.77. The lowest BCUT2D eigenvalue weighted by Gasteiger charge is -2.40. The number of hydrogen-bond acceptors (Lipinski definition) is 6. The lowest BCUT2D eigenvalue weighted by atomic mass is 9.76. The molecule has 0 aromatic heterocycles. The first-order chi connectivity index (χ1) is 19.7. The Kier molecular flexibility index (Phi) is 6.69. The highest BCUT2D eigenvalue weighted by atomic mass is 19.4. The molecule has 0 spiro atoms. The number of halogens is 5. The highest BCUT2D eigenvalue weighted by Gasteiger charge is 2.48. The van der Waals surface area contributed by atoms with Crippen LogP contribution in [0.25, 0.3) is 0 Å². The molecule has 4 aliphatic rings. The minimum absolute atomic E-state index is 0.0652. The van der Waals surface area contributed by atoms with E-state index in [1.807, 2.05) is 0 Å². The number of hydrogen-bond donors (Lipinski definition) is 2. The molecule has 8 nitrogen and oxygen atoms in total. The molecule has 6 rings (SSSR count). The van der Waals surface area contributed by atoms with Gasteiger partial charge in [0, 0.05) is 18.1 Å². The number of ether oxygens (including phenoxy) is 4. The summed E-state index contributed by atoms with van der Waals surface area (Å²) in [5.41, 5.74) is 0.589. The van der Waals surface area contributed by atoms with Crippen molar-refractivity contribution in [3.8, 4) is 23.0 Å². The number of fused-ring (bicyclic) bond motifs is 3. The molecule has 0 radical (unpaired) electrons. The molecule has 2 aromatic carbocycles. The number of aryl methyl sites for hydroxylation is 1. The van der Waals surface area contributed by atoms with Crippen molar-refractivity contribution < 1.29 is 55.6 Å². The summed E-state index contributed by atoms with van der Waals surface area (Å²) in [6.07, 6.45) is -6.03. The minimum atomic E-state index is -4.91. The fourth-order valence-corrected chi connectivity index (χ4v) is 6.67. The second-order valence-corrected chi connectivity index (χ2v) is 11.6. The predicted octanol–water partition coefficient (Wildman–Crippen LogP) is 6.01. The average Bonchev–Trinajstić information content (AvgIpc) is 3.40. The lowest BCUT2D eigenvalue weighted by molar-refractivity contribution is -0.286. The van der Waals surface area contributed by atoms with Gasteiger partial charge in [0.25, 0.3) is 0 Å². The van der Waals surface area contributed by atoms with Gasteiger partial charge in [-0.05, 0) is 86.8 Å². The van der Waals surface area contributed by atoms with Crippen molar-refractivity contribution in [2.24, 2.45) is 11.8 Å². The van der Waals surface area contributed by atoms with E-state index < -0.39 is 47.9 Å². The van der Waals surface area contributed by atoms with Gasteiger partial charge in [-0.2, -0.15) is 0 Å². The number of carboxylic acid groups (broad SMARTS) is 1. The highest BCUT2D eigenvalue weighted by Crippen LogP contribution is 2.50. The van der Waals surface area contributed by atoms with Crippen LogP contribution >= 0.6 is 0 Å². The summed E-state index contributed by atoms with van der Waals surface area (Å²) in [6, 6.07) is 5.94. The maximum Gasteiger partial charge on any atom is 0.586 e. The van der Waals surface area contributed by atoms with Crippen molar-refractivity contribution in [2.45, 2.75) is 82.1 Å². The molecule has 2 heterocycles. The summed E-state index contributed by atoms with van der Waals surface area (Å²) in [5, 5.41) is 12.4. The molecule has 42 heavy (non-hydrogen) atoms. The molecule has 2 aliphatic carbocycles. The Balaban J connectivity index is 1.27. The van der Waals surface area contributed by atoms with Crippen molar-refractivity contribution in [1.29, 1.82) is 0 Å². The second kappa shape index (κ2) is 9.91. The van der Waals surface area contributed by atoms with Gasteiger partial charge in [0.05, 0.1) is 17.4 Å². The van der Waals surface area contributed by atoms with Crippen molar-refractivity contribution >= 4 is 11.9 Å². The first kappa shape index (κ1) is 28.4. The molecule has 0 unspecified atom stereocenters. The van der Waals surface area contributed by atoms with Gasteiger partial charge in [-0.25, -0.2) is 0 Å². The Morgan fingerprint density at radius 3 is 2.38 bits per heavy atom. The predicted molar refractivity (Wildman–Crippen MR) is 134 cm³/mol. The third-order valence-corrected chi connectivity index (χ3v) is 8.91. The monoisotopic (exact) mass is 597 g/mol. The van der Waals surface area contributed by atoms with E-state index in [2.05, 4.69) is 19.5 Å². The van der Waals surface area contributed by atoms with Crippen LogP contribution in [0.15, 0.2) is 30.3 Å². The molecule has 1 amide bonds. The summed E-state index contributed by atoms with van der Waals surface area (Å²) in [6.45, 7) is 1.71. The van der Waals surface area contributed by atoms with Gasteiger partial charge >= 0.3 is 18.6 Å². The van der Waals surface area contributed by atoms with E-state index in [0.29, 0.717) is 61.6 Å². The van der Waals surface area contributed by atoms with Gasteiger partial charge in [-0.1, -0.05) is 0 Å². The number of nitrogens with one attached hydrogen (secondary N) is 1. The van der Waals surface area contributed by atoms with Gasteiger partial charge in [0.15, 0.2) is 11.5 Å². The topological polar surface area (TPSA) is 103 Å². The number of amides is 1. The summed E-state index contributed by atoms with van der Waals surface area (Å²) >= 11 is 0. The van der Waals surface area contributed by atoms with E-state index in [0.717, 1.165) is 12.1 Å². The minimum Gasteiger partial charge on any atom is -0.490 e. The number of carboxylic acids is 1. The summed E-state index contributed by atoms with van der Waals surface area (Å²) < 4.78 is 85.5. The van der Waals surface area contributed by atoms with Crippen LogP contribution in [0.2, 0.25) is 0 Å². The van der Waals surface area contributed by atoms with E-state index in [1.165, 1.54) is 18.2 Å². The van der Waals surface area contributed by atoms with Crippen LogP contribution in [-0.4, -0.2) is 35.7 Å². The van der Waals surface area contributed by atoms with Gasteiger partial charge in [-0.15, -0.1) is 22.0 Å². The number of carbonyl (C=O) groups is 2. The quantitative estimate of drug-likeness (QED) is 0.407. The van der Waals surface area contributed by atoms with Crippen LogP contribution in [0.3, 0.4) is 0 Å². The number of rotatable bonds is 5. The Morgan fingerprint density at radius 2 is 1.71 bits per heavy atom. The zero-order valence-corrected chi connectivity index (χ0v) is 22.4. The van der Waals surface area contributed by atoms with Crippen molar-refractivity contribution in [3.05, 3.63) is 47.0 Å². The number of aliphatic carboxylic acids is 1. The van der Waals surface area contributed by atoms with Crippen LogP contribution < -0.4 is 24.3 Å². The molecule has 226 valence electrons. The summed E-state index contributed by atoms with van der Waals surface area (Å²) in [4.78, 5) is 25.3. The standard InChI is InChI=1S/C29H28F5NO7/c1-27(9-8-16-10-23-24(12-19(16)27)42-29(33,34)41-23)26(38)35-20-13-21(14-2-4-15(5-3-14)25(36)37)39-22-11-17(6-7-18(20)22)40-28(30,31)32/h6-7,10-12,14-15,20-21H,2-5,8-9,13H2,1H3,(H,35,38)(H,36,37)/t14?,15?,20-,21-,27+/m1/s1. The van der Waals surface area contributed by atoms with Crippen molar-refractivity contribution in [1.82, 2.24) is 5.32 Å². The average molecular weight is 598 g/mol. The molecule has 0 bridgehead atoms. The summed E-state index contributed by atoms with van der Waals surface area (Å²) in [5.74, 6) is -2.36. The first-order valence-corrected chi connectivity index (χ1v) is 13.7. The molecular weight excluding hydrogens is 569 g/mol. The fourth-order valence-electron chi connectivity index (χ4n) is 6.67. The second-order valence-electron chi connectivity index (χ2n) is 11.6. The van der Waals surface area contributed by atoms with Gasteiger partial charge < -0.3 is 29.4 Å². The maximum absolute atomic E-state index is 13.9. The van der Waals surface area contributed by atoms with E-state index >= 15 is 0 Å². The van der Waals surface area contributed by atoms with E-state index in [-0.39, 0.29) is 29.1 Å². The molecule has 3 atom stereocenters. The molecule has 1 fully saturated rings. The van der Waals surface area contributed by atoms with Gasteiger partial charge in [-0.3, -0.25) is 9.59 Å². The zero-order chi connectivity index (χ0) is 30.0. The molecule has 2 aromatic rings. The molecule has 0 saturated heterocycles. The third kappa shape index (κ3) is 5.29. The van der Waals surface area contributed by atoms with E-state index in [1.54, 1.807) is 6.92 Å². The van der Waals surface area contributed by atoms with E-state index in [9.17, 15) is 36.6 Å². The smallest absolute Gasteiger partial charge is 0.490 e. The summed E-state index contributed by atoms with van der Waals surface area (Å²) in [7, 11) is 0. The largest absolute Gasteiger partial charge is 0.586 e. The lowest BCUT2D eigenvalue weighted by Crippen LogP contribution is -2.46. The number of carbonyl (C=O) groups excluding carboxylic acids is 1. The molecule has 13 heteroatoms. The normalized spacial score (nSPS) is 29.2. The number of benzene rings is 2. The number of alkyl halides is 5. The maximum atomic E-state index is 13.9.